The summed E-state index contributed by atoms with van der Waals surface area (Å²) in [6.45, 7) is 10.5. The number of fused-ring (bicyclic) bond motifs is 1. The molecule has 10 heteroatoms. The Bertz CT molecular complexity index is 1190. The zero-order valence-corrected chi connectivity index (χ0v) is 22.5. The number of nitrogens with one attached hydrogen (secondary N) is 2. The first kappa shape index (κ1) is 29.3. The Kier molecular flexibility index (Phi) is 10.0. The molecule has 0 aliphatic heterocycles. The van der Waals surface area contributed by atoms with Gasteiger partial charge in [-0.2, -0.15) is 4.72 Å². The van der Waals surface area contributed by atoms with Crippen molar-refractivity contribution in [3.05, 3.63) is 42.5 Å². The highest BCUT2D eigenvalue weighted by Gasteiger charge is 2.33. The SMILES string of the molecule is CCOC(=O)C(CC(C)C)NC(=O)C(CC(=O)OC(C)(C)C)NS(=O)(=O)c1ccc2ccccc2c1. The second-order valence-electron chi connectivity index (χ2n) is 9.92. The molecule has 2 N–H and O–H groups in total. The molecule has 2 unspecified atom stereocenters. The lowest BCUT2D eigenvalue weighted by Crippen LogP contribution is -2.53. The minimum Gasteiger partial charge on any atom is -0.464 e. The first-order valence-corrected chi connectivity index (χ1v) is 13.4. The van der Waals surface area contributed by atoms with Gasteiger partial charge in [-0.3, -0.25) is 9.59 Å². The largest absolute Gasteiger partial charge is 0.464 e. The van der Waals surface area contributed by atoms with Crippen molar-refractivity contribution in [3.8, 4) is 0 Å². The van der Waals surface area contributed by atoms with Crippen molar-refractivity contribution in [2.45, 2.75) is 77.0 Å². The quantitative estimate of drug-likeness (QED) is 0.435. The van der Waals surface area contributed by atoms with Crippen molar-refractivity contribution in [1.29, 1.82) is 0 Å². The molecule has 2 rings (SSSR count). The summed E-state index contributed by atoms with van der Waals surface area (Å²) in [7, 11) is -4.21. The molecule has 0 radical (unpaired) electrons. The fraction of sp³-hybridized carbons (Fsp3) is 0.500. The molecule has 0 heterocycles. The lowest BCUT2D eigenvalue weighted by atomic mass is 10.0. The summed E-state index contributed by atoms with van der Waals surface area (Å²) in [6.07, 6.45) is -0.283. The summed E-state index contributed by atoms with van der Waals surface area (Å²) in [5, 5.41) is 4.11. The van der Waals surface area contributed by atoms with E-state index in [4.69, 9.17) is 9.47 Å². The number of esters is 2. The Labute approximate surface area is 213 Å². The number of ether oxygens (including phenoxy) is 2. The lowest BCUT2D eigenvalue weighted by Gasteiger charge is -2.25. The average molecular weight is 521 g/mol. The average Bonchev–Trinajstić information content (AvgIpc) is 2.76. The van der Waals surface area contributed by atoms with Gasteiger partial charge in [0, 0.05) is 0 Å². The fourth-order valence-corrected chi connectivity index (χ4v) is 4.76. The molecule has 36 heavy (non-hydrogen) atoms. The highest BCUT2D eigenvalue weighted by molar-refractivity contribution is 7.89. The van der Waals surface area contributed by atoms with Gasteiger partial charge in [-0.05, 0) is 62.9 Å². The molecule has 198 valence electrons. The summed E-state index contributed by atoms with van der Waals surface area (Å²) in [6, 6.07) is 9.31. The minimum atomic E-state index is -4.21. The molecule has 0 aromatic heterocycles. The van der Waals surface area contributed by atoms with Crippen LogP contribution in [0.3, 0.4) is 0 Å². The van der Waals surface area contributed by atoms with Gasteiger partial charge in [-0.1, -0.05) is 44.2 Å². The van der Waals surface area contributed by atoms with Crippen LogP contribution in [0.1, 0.15) is 54.4 Å². The first-order chi connectivity index (χ1) is 16.7. The Balaban J connectivity index is 2.35. The van der Waals surface area contributed by atoms with Gasteiger partial charge in [0.1, 0.15) is 17.7 Å². The van der Waals surface area contributed by atoms with Gasteiger partial charge < -0.3 is 14.8 Å². The molecule has 0 bridgehead atoms. The lowest BCUT2D eigenvalue weighted by molar-refractivity contribution is -0.156. The monoisotopic (exact) mass is 520 g/mol. The Morgan fingerprint density at radius 3 is 2.19 bits per heavy atom. The zero-order valence-electron chi connectivity index (χ0n) is 21.7. The minimum absolute atomic E-state index is 0.0401. The van der Waals surface area contributed by atoms with Crippen LogP contribution in [0.25, 0.3) is 10.8 Å². The molecule has 0 aliphatic rings. The van der Waals surface area contributed by atoms with Crippen molar-refractivity contribution >= 4 is 38.6 Å². The van der Waals surface area contributed by atoms with Gasteiger partial charge in [-0.25, -0.2) is 13.2 Å². The standard InChI is InChI=1S/C26H36N2O7S/c1-7-34-25(31)22(14-17(2)3)27-24(30)21(16-23(29)35-26(4,5)6)28-36(32,33)20-13-12-18-10-8-9-11-19(18)15-20/h8-13,15,17,21-22,28H,7,14,16H2,1-6H3,(H,27,30). The van der Waals surface area contributed by atoms with Crippen LogP contribution >= 0.6 is 0 Å². The molecule has 2 aromatic rings. The van der Waals surface area contributed by atoms with Crippen LogP contribution in [0.5, 0.6) is 0 Å². The predicted octanol–water partition coefficient (Wildman–Crippen LogP) is 3.31. The van der Waals surface area contributed by atoms with Crippen molar-refractivity contribution in [1.82, 2.24) is 10.0 Å². The van der Waals surface area contributed by atoms with Crippen molar-refractivity contribution in [2.75, 3.05) is 6.61 Å². The molecule has 0 spiro atoms. The van der Waals surface area contributed by atoms with Crippen LogP contribution in [-0.4, -0.2) is 50.6 Å². The number of benzene rings is 2. The van der Waals surface area contributed by atoms with Crippen LogP contribution in [0.2, 0.25) is 0 Å². The molecule has 0 saturated heterocycles. The van der Waals surface area contributed by atoms with Gasteiger partial charge in [-0.15, -0.1) is 0 Å². The van der Waals surface area contributed by atoms with Crippen LogP contribution in [0.15, 0.2) is 47.4 Å². The summed E-state index contributed by atoms with van der Waals surface area (Å²) in [4.78, 5) is 38.1. The van der Waals surface area contributed by atoms with E-state index in [1.165, 1.54) is 12.1 Å². The van der Waals surface area contributed by atoms with E-state index in [1.54, 1.807) is 45.9 Å². The van der Waals surface area contributed by atoms with E-state index >= 15 is 0 Å². The second-order valence-corrected chi connectivity index (χ2v) is 11.6. The van der Waals surface area contributed by atoms with Crippen molar-refractivity contribution in [3.63, 3.8) is 0 Å². The van der Waals surface area contributed by atoms with Gasteiger partial charge >= 0.3 is 11.9 Å². The Morgan fingerprint density at radius 2 is 1.61 bits per heavy atom. The van der Waals surface area contributed by atoms with E-state index in [0.29, 0.717) is 5.39 Å². The number of hydrogen-bond donors (Lipinski definition) is 2. The van der Waals surface area contributed by atoms with Crippen LogP contribution in [0, 0.1) is 5.92 Å². The topological polar surface area (TPSA) is 128 Å². The van der Waals surface area contributed by atoms with Gasteiger partial charge in [0.25, 0.3) is 0 Å². The maximum Gasteiger partial charge on any atom is 0.328 e. The molecule has 0 aliphatic carbocycles. The Hall–Kier alpha value is -2.98. The fourth-order valence-electron chi connectivity index (χ4n) is 3.53. The van der Waals surface area contributed by atoms with Crippen LogP contribution in [0.4, 0.5) is 0 Å². The van der Waals surface area contributed by atoms with E-state index in [0.717, 1.165) is 5.39 Å². The molecule has 2 aromatic carbocycles. The molecule has 0 fully saturated rings. The number of carbonyl (C=O) groups excluding carboxylic acids is 3. The maximum absolute atomic E-state index is 13.2. The maximum atomic E-state index is 13.2. The third-order valence-electron chi connectivity index (χ3n) is 5.03. The van der Waals surface area contributed by atoms with E-state index < -0.39 is 52.0 Å². The summed E-state index contributed by atoms with van der Waals surface area (Å²) >= 11 is 0. The van der Waals surface area contributed by atoms with Crippen molar-refractivity contribution < 1.29 is 32.3 Å². The van der Waals surface area contributed by atoms with E-state index in [1.807, 2.05) is 26.0 Å². The normalized spacial score (nSPS) is 13.8. The van der Waals surface area contributed by atoms with Gasteiger partial charge in [0.05, 0.1) is 17.9 Å². The summed E-state index contributed by atoms with van der Waals surface area (Å²) < 4.78 is 39.1. The first-order valence-electron chi connectivity index (χ1n) is 11.9. The van der Waals surface area contributed by atoms with Crippen molar-refractivity contribution in [2.24, 2.45) is 5.92 Å². The number of carbonyl (C=O) groups is 3. The summed E-state index contributed by atoms with van der Waals surface area (Å²) in [5.74, 6) is -2.18. The molecule has 9 nitrogen and oxygen atoms in total. The summed E-state index contributed by atoms with van der Waals surface area (Å²) in [5.41, 5.74) is -0.833. The molecular weight excluding hydrogens is 484 g/mol. The van der Waals surface area contributed by atoms with E-state index in [9.17, 15) is 22.8 Å². The molecule has 0 saturated carbocycles. The van der Waals surface area contributed by atoms with Gasteiger partial charge in [0.2, 0.25) is 15.9 Å². The third kappa shape index (κ3) is 8.91. The molecule has 2 atom stereocenters. The van der Waals surface area contributed by atoms with Crippen LogP contribution in [-0.2, 0) is 33.9 Å². The number of amides is 1. The predicted molar refractivity (Wildman–Crippen MR) is 137 cm³/mol. The highest BCUT2D eigenvalue weighted by atomic mass is 32.2. The number of hydrogen-bond acceptors (Lipinski definition) is 7. The van der Waals surface area contributed by atoms with E-state index in [2.05, 4.69) is 10.0 Å². The van der Waals surface area contributed by atoms with Crippen LogP contribution < -0.4 is 10.0 Å². The smallest absolute Gasteiger partial charge is 0.328 e. The van der Waals surface area contributed by atoms with Gasteiger partial charge in [0.15, 0.2) is 0 Å². The second kappa shape index (κ2) is 12.3. The number of rotatable bonds is 11. The zero-order chi connectivity index (χ0) is 27.1. The third-order valence-corrected chi connectivity index (χ3v) is 6.50. The highest BCUT2D eigenvalue weighted by Crippen LogP contribution is 2.20. The van der Waals surface area contributed by atoms with E-state index in [-0.39, 0.29) is 23.8 Å². The molecule has 1 amide bonds. The Morgan fingerprint density at radius 1 is 0.972 bits per heavy atom. The number of sulfonamides is 1. The molecular formula is C26H36N2O7S.